The van der Waals surface area contributed by atoms with Crippen LogP contribution in [0.5, 0.6) is 0 Å². The van der Waals surface area contributed by atoms with Gasteiger partial charge in [-0.3, -0.25) is 0 Å². The first-order valence-corrected chi connectivity index (χ1v) is 5.24. The van der Waals surface area contributed by atoms with Crippen molar-refractivity contribution >= 4 is 11.3 Å². The number of aryl methyl sites for hydroxylation is 3. The molecule has 1 aliphatic rings. The second-order valence-corrected chi connectivity index (χ2v) is 4.65. The van der Waals surface area contributed by atoms with E-state index >= 15 is 0 Å². The molecule has 0 saturated carbocycles. The predicted molar refractivity (Wildman–Crippen MR) is 50.7 cm³/mol. The average Bonchev–Trinajstić information content (AvgIpc) is 2.65. The van der Waals surface area contributed by atoms with Gasteiger partial charge in [0.15, 0.2) is 0 Å². The molecule has 0 aromatic carbocycles. The minimum atomic E-state index is 1.04. The van der Waals surface area contributed by atoms with Crippen LogP contribution in [0.2, 0.25) is 0 Å². The van der Waals surface area contributed by atoms with E-state index in [9.17, 15) is 0 Å². The topological polar surface area (TPSA) is 27.3 Å². The highest BCUT2D eigenvalue weighted by molar-refractivity contribution is 7.11. The van der Waals surface area contributed by atoms with Crippen molar-refractivity contribution in [2.45, 2.75) is 19.8 Å². The van der Waals surface area contributed by atoms with E-state index in [4.69, 9.17) is 4.42 Å². The Morgan fingerprint density at radius 3 is 3.31 bits per heavy atom. The Balaban J connectivity index is 2.29. The zero-order valence-corrected chi connectivity index (χ0v) is 8.20. The van der Waals surface area contributed by atoms with Gasteiger partial charge in [0.2, 0.25) is 10.7 Å². The summed E-state index contributed by atoms with van der Waals surface area (Å²) in [5.74, 6) is 1.13. The number of hydrogen-bond acceptors (Lipinski definition) is 2. The van der Waals surface area contributed by atoms with Gasteiger partial charge in [0.25, 0.3) is 0 Å². The molecule has 2 aromatic rings. The summed E-state index contributed by atoms with van der Waals surface area (Å²) in [7, 11) is 0. The summed E-state index contributed by atoms with van der Waals surface area (Å²) < 4.78 is 5.41. The molecular weight excluding hydrogens is 182 g/mol. The fraction of sp³-hybridized carbons (Fsp3) is 0.300. The number of aromatic nitrogens is 1. The molecule has 0 fully saturated rings. The van der Waals surface area contributed by atoms with Crippen LogP contribution in [0.25, 0.3) is 11.3 Å². The van der Waals surface area contributed by atoms with E-state index in [0.29, 0.717) is 0 Å². The largest absolute Gasteiger partial charge is 0.468 e. The van der Waals surface area contributed by atoms with Gasteiger partial charge < -0.3 is 4.42 Å². The quantitative estimate of drug-likeness (QED) is 0.629. The maximum absolute atomic E-state index is 5.41. The Hall–Kier alpha value is -1.09. The van der Waals surface area contributed by atoms with Crippen molar-refractivity contribution in [1.82, 2.24) is 0 Å². The van der Waals surface area contributed by atoms with Gasteiger partial charge in [0.1, 0.15) is 5.76 Å². The minimum absolute atomic E-state index is 1.04. The lowest BCUT2D eigenvalue weighted by molar-refractivity contribution is -0.367. The number of furan rings is 1. The SMILES string of the molecule is Cc1[nH+]c2c(s1)CCc1occc1-2. The molecular formula is C10H10NOS+. The molecule has 0 unspecified atom stereocenters. The van der Waals surface area contributed by atoms with Crippen LogP contribution in [0.4, 0.5) is 0 Å². The number of hydrogen-bond donors (Lipinski definition) is 0. The third-order valence-electron chi connectivity index (χ3n) is 2.45. The molecule has 1 aliphatic carbocycles. The maximum Gasteiger partial charge on any atom is 0.233 e. The molecule has 2 aromatic heterocycles. The Kier molecular flexibility index (Phi) is 1.38. The Morgan fingerprint density at radius 2 is 2.38 bits per heavy atom. The third kappa shape index (κ3) is 0.968. The van der Waals surface area contributed by atoms with Crippen LogP contribution in [0.15, 0.2) is 16.7 Å². The lowest BCUT2D eigenvalue weighted by atomic mass is 10.0. The fourth-order valence-corrected chi connectivity index (χ4v) is 2.87. The summed E-state index contributed by atoms with van der Waals surface area (Å²) in [5.41, 5.74) is 2.53. The highest BCUT2D eigenvalue weighted by Crippen LogP contribution is 2.34. The lowest BCUT2D eigenvalue weighted by Crippen LogP contribution is -2.09. The van der Waals surface area contributed by atoms with Crippen LogP contribution >= 0.6 is 11.3 Å². The number of rotatable bonds is 0. The van der Waals surface area contributed by atoms with Crippen molar-refractivity contribution < 1.29 is 9.40 Å². The highest BCUT2D eigenvalue weighted by Gasteiger charge is 2.26. The molecule has 0 radical (unpaired) electrons. The number of nitrogens with one attached hydrogen (secondary N) is 1. The second-order valence-electron chi connectivity index (χ2n) is 3.34. The number of fused-ring (bicyclic) bond motifs is 3. The van der Waals surface area contributed by atoms with Crippen molar-refractivity contribution in [1.29, 1.82) is 0 Å². The van der Waals surface area contributed by atoms with Gasteiger partial charge >= 0.3 is 0 Å². The maximum atomic E-state index is 5.41. The monoisotopic (exact) mass is 192 g/mol. The molecule has 66 valence electrons. The summed E-state index contributed by atoms with van der Waals surface area (Å²) >= 11 is 1.86. The minimum Gasteiger partial charge on any atom is -0.468 e. The van der Waals surface area contributed by atoms with Gasteiger partial charge in [-0.1, -0.05) is 11.3 Å². The molecule has 0 spiro atoms. The van der Waals surface area contributed by atoms with E-state index < -0.39 is 0 Å². The van der Waals surface area contributed by atoms with E-state index in [2.05, 4.69) is 18.0 Å². The third-order valence-corrected chi connectivity index (χ3v) is 3.51. The van der Waals surface area contributed by atoms with Crippen molar-refractivity contribution in [3.63, 3.8) is 0 Å². The van der Waals surface area contributed by atoms with E-state index in [1.54, 1.807) is 6.26 Å². The van der Waals surface area contributed by atoms with E-state index in [-0.39, 0.29) is 0 Å². The van der Waals surface area contributed by atoms with Gasteiger partial charge in [0.05, 0.1) is 16.7 Å². The van der Waals surface area contributed by atoms with Crippen LogP contribution in [0.1, 0.15) is 15.6 Å². The van der Waals surface area contributed by atoms with Gasteiger partial charge in [-0.05, 0) is 12.5 Å². The molecule has 0 bridgehead atoms. The smallest absolute Gasteiger partial charge is 0.233 e. The molecule has 0 saturated heterocycles. The highest BCUT2D eigenvalue weighted by atomic mass is 32.1. The van der Waals surface area contributed by atoms with E-state index in [1.165, 1.54) is 21.1 Å². The lowest BCUT2D eigenvalue weighted by Gasteiger charge is -2.03. The first-order valence-electron chi connectivity index (χ1n) is 4.43. The molecule has 0 atom stereocenters. The number of thiazole rings is 1. The summed E-state index contributed by atoms with van der Waals surface area (Å²) in [5, 5.41) is 1.28. The van der Waals surface area contributed by atoms with Crippen molar-refractivity contribution in [2.24, 2.45) is 0 Å². The molecule has 2 heterocycles. The molecule has 3 heteroatoms. The second kappa shape index (κ2) is 2.45. The first-order chi connectivity index (χ1) is 6.34. The normalized spacial score (nSPS) is 13.9. The van der Waals surface area contributed by atoms with Crippen LogP contribution in [-0.4, -0.2) is 0 Å². The summed E-state index contributed by atoms with van der Waals surface area (Å²) in [6.45, 7) is 2.11. The Labute approximate surface area is 80.2 Å². The number of aromatic amines is 1. The van der Waals surface area contributed by atoms with Crippen LogP contribution < -0.4 is 4.98 Å². The zero-order valence-electron chi connectivity index (χ0n) is 7.39. The first kappa shape index (κ1) is 7.33. The van der Waals surface area contributed by atoms with E-state index in [1.807, 2.05) is 11.3 Å². The van der Waals surface area contributed by atoms with Crippen molar-refractivity contribution in [3.05, 3.63) is 28.0 Å². The van der Waals surface area contributed by atoms with Gasteiger partial charge in [-0.15, -0.1) is 0 Å². The van der Waals surface area contributed by atoms with Gasteiger partial charge in [-0.25, -0.2) is 0 Å². The summed E-state index contributed by atoms with van der Waals surface area (Å²) in [4.78, 5) is 4.86. The standard InChI is InChI=1S/C10H9NOS/c1-6-11-10-7-4-5-12-8(7)2-3-9(10)13-6/h4-5H,2-3H2,1H3/p+1. The fourth-order valence-electron chi connectivity index (χ4n) is 1.88. The van der Waals surface area contributed by atoms with Gasteiger partial charge in [-0.2, -0.15) is 4.98 Å². The summed E-state index contributed by atoms with van der Waals surface area (Å²) in [6.07, 6.45) is 3.94. The average molecular weight is 192 g/mol. The van der Waals surface area contributed by atoms with Crippen LogP contribution in [-0.2, 0) is 12.8 Å². The number of H-pyrrole nitrogens is 1. The van der Waals surface area contributed by atoms with Crippen LogP contribution in [0, 0.1) is 6.92 Å². The molecule has 0 amide bonds. The van der Waals surface area contributed by atoms with E-state index in [0.717, 1.165) is 18.6 Å². The Bertz CT molecular complexity index is 455. The molecule has 2 nitrogen and oxygen atoms in total. The van der Waals surface area contributed by atoms with Gasteiger partial charge in [0, 0.05) is 13.3 Å². The molecule has 0 aliphatic heterocycles. The zero-order chi connectivity index (χ0) is 8.84. The summed E-state index contributed by atoms with van der Waals surface area (Å²) in [6, 6.07) is 2.05. The molecule has 1 N–H and O–H groups in total. The van der Waals surface area contributed by atoms with Crippen LogP contribution in [0.3, 0.4) is 0 Å². The molecule has 13 heavy (non-hydrogen) atoms. The Morgan fingerprint density at radius 1 is 1.46 bits per heavy atom. The molecule has 3 rings (SSSR count). The predicted octanol–water partition coefficient (Wildman–Crippen LogP) is 2.23. The van der Waals surface area contributed by atoms with Crippen molar-refractivity contribution in [3.8, 4) is 11.3 Å². The van der Waals surface area contributed by atoms with Crippen molar-refractivity contribution in [2.75, 3.05) is 0 Å².